The van der Waals surface area contributed by atoms with E-state index in [4.69, 9.17) is 20.8 Å². The number of benzene rings is 1. The molecule has 2 rings (SSSR count). The van der Waals surface area contributed by atoms with Crippen molar-refractivity contribution in [1.82, 2.24) is 4.98 Å². The summed E-state index contributed by atoms with van der Waals surface area (Å²) in [6.07, 6.45) is 1.49. The summed E-state index contributed by atoms with van der Waals surface area (Å²) in [5.74, 6) is -0.0705. The van der Waals surface area contributed by atoms with Gasteiger partial charge in [-0.2, -0.15) is 0 Å². The number of halogens is 2. The van der Waals surface area contributed by atoms with Crippen LogP contribution in [0.1, 0.15) is 29.6 Å². The molecule has 1 heterocycles. The SMILES string of the molecule is CCCc1nc(-c2cc(Br)ccc2Cl)oc1C(=O)OC. The molecule has 6 heteroatoms. The van der Waals surface area contributed by atoms with Crippen LogP contribution in [-0.2, 0) is 11.2 Å². The molecule has 0 aliphatic heterocycles. The number of carbonyl (C=O) groups is 1. The third kappa shape index (κ3) is 3.04. The number of hydrogen-bond acceptors (Lipinski definition) is 4. The van der Waals surface area contributed by atoms with E-state index in [1.54, 1.807) is 12.1 Å². The Morgan fingerprint density at radius 3 is 2.90 bits per heavy atom. The first-order valence-electron chi connectivity index (χ1n) is 6.10. The lowest BCUT2D eigenvalue weighted by Crippen LogP contribution is -2.03. The molecule has 0 aliphatic carbocycles. The lowest BCUT2D eigenvalue weighted by Gasteiger charge is -2.00. The van der Waals surface area contributed by atoms with Gasteiger partial charge in [-0.05, 0) is 24.6 Å². The maximum absolute atomic E-state index is 11.7. The molecule has 20 heavy (non-hydrogen) atoms. The molecule has 0 N–H and O–H groups in total. The first-order chi connectivity index (χ1) is 9.56. The number of ether oxygens (including phenoxy) is 1. The van der Waals surface area contributed by atoms with Gasteiger partial charge in [-0.3, -0.25) is 0 Å². The quantitative estimate of drug-likeness (QED) is 0.755. The molecule has 4 nitrogen and oxygen atoms in total. The Balaban J connectivity index is 2.52. The average molecular weight is 359 g/mol. The summed E-state index contributed by atoms with van der Waals surface area (Å²) in [7, 11) is 1.31. The minimum atomic E-state index is -0.529. The zero-order valence-electron chi connectivity index (χ0n) is 11.1. The number of carbonyl (C=O) groups excluding carboxylic acids is 1. The molecule has 0 amide bonds. The molecule has 0 bridgehead atoms. The molecule has 0 spiro atoms. The Morgan fingerprint density at radius 1 is 1.50 bits per heavy atom. The van der Waals surface area contributed by atoms with Crippen molar-refractivity contribution in [2.75, 3.05) is 7.11 Å². The zero-order valence-corrected chi connectivity index (χ0v) is 13.4. The molecule has 0 fully saturated rings. The van der Waals surface area contributed by atoms with Crippen molar-refractivity contribution in [3.8, 4) is 11.5 Å². The van der Waals surface area contributed by atoms with Crippen molar-refractivity contribution < 1.29 is 13.9 Å². The average Bonchev–Trinajstić information content (AvgIpc) is 2.85. The first-order valence-corrected chi connectivity index (χ1v) is 7.27. The maximum Gasteiger partial charge on any atom is 0.376 e. The summed E-state index contributed by atoms with van der Waals surface area (Å²) in [6, 6.07) is 5.36. The van der Waals surface area contributed by atoms with Crippen molar-refractivity contribution in [2.45, 2.75) is 19.8 Å². The van der Waals surface area contributed by atoms with Crippen LogP contribution in [0.15, 0.2) is 27.1 Å². The van der Waals surface area contributed by atoms with Gasteiger partial charge in [0.1, 0.15) is 0 Å². The van der Waals surface area contributed by atoms with E-state index in [-0.39, 0.29) is 5.76 Å². The first kappa shape index (κ1) is 15.1. The Labute approximate surface area is 130 Å². The number of nitrogens with zero attached hydrogens (tertiary/aromatic N) is 1. The normalized spacial score (nSPS) is 10.6. The van der Waals surface area contributed by atoms with Crippen LogP contribution in [-0.4, -0.2) is 18.1 Å². The monoisotopic (exact) mass is 357 g/mol. The Morgan fingerprint density at radius 2 is 2.25 bits per heavy atom. The van der Waals surface area contributed by atoms with Crippen LogP contribution in [0.2, 0.25) is 5.02 Å². The van der Waals surface area contributed by atoms with Gasteiger partial charge in [0.25, 0.3) is 0 Å². The molecule has 0 saturated heterocycles. The Hall–Kier alpha value is -1.33. The summed E-state index contributed by atoms with van der Waals surface area (Å²) < 4.78 is 11.1. The predicted molar refractivity (Wildman–Crippen MR) is 80.0 cm³/mol. The Kier molecular flexibility index (Phi) is 4.83. The highest BCUT2D eigenvalue weighted by molar-refractivity contribution is 9.10. The van der Waals surface area contributed by atoms with Crippen LogP contribution < -0.4 is 0 Å². The topological polar surface area (TPSA) is 52.3 Å². The fourth-order valence-corrected chi connectivity index (χ4v) is 2.35. The highest BCUT2D eigenvalue weighted by Crippen LogP contribution is 2.31. The van der Waals surface area contributed by atoms with Gasteiger partial charge < -0.3 is 9.15 Å². The van der Waals surface area contributed by atoms with Gasteiger partial charge in [-0.25, -0.2) is 9.78 Å². The van der Waals surface area contributed by atoms with Crippen molar-refractivity contribution in [2.24, 2.45) is 0 Å². The van der Waals surface area contributed by atoms with Crippen molar-refractivity contribution in [3.05, 3.63) is 39.1 Å². The number of oxazole rings is 1. The predicted octanol–water partition coefficient (Wildman–Crippen LogP) is 4.50. The smallest absolute Gasteiger partial charge is 0.376 e. The van der Waals surface area contributed by atoms with E-state index in [1.807, 2.05) is 13.0 Å². The second-order valence-corrected chi connectivity index (χ2v) is 5.48. The summed E-state index contributed by atoms with van der Waals surface area (Å²) in [4.78, 5) is 16.1. The van der Waals surface area contributed by atoms with Gasteiger partial charge in [0, 0.05) is 4.47 Å². The fourth-order valence-electron chi connectivity index (χ4n) is 1.79. The molecule has 2 aromatic rings. The number of methoxy groups -OCH3 is 1. The minimum Gasteiger partial charge on any atom is -0.463 e. The van der Waals surface area contributed by atoms with E-state index in [0.717, 1.165) is 10.9 Å². The Bertz CT molecular complexity index is 639. The summed E-state index contributed by atoms with van der Waals surface area (Å²) >= 11 is 9.52. The largest absolute Gasteiger partial charge is 0.463 e. The van der Waals surface area contributed by atoms with Crippen LogP contribution in [0.4, 0.5) is 0 Å². The van der Waals surface area contributed by atoms with E-state index in [2.05, 4.69) is 20.9 Å². The third-order valence-corrected chi connectivity index (χ3v) is 3.54. The van der Waals surface area contributed by atoms with Gasteiger partial charge in [0.2, 0.25) is 11.7 Å². The molecule has 0 radical (unpaired) electrons. The standard InChI is InChI=1S/C14H13BrClNO3/c1-3-4-11-12(14(18)19-2)20-13(17-11)9-7-8(15)5-6-10(9)16/h5-7H,3-4H2,1-2H3. The molecular formula is C14H13BrClNO3. The molecular weight excluding hydrogens is 346 g/mol. The van der Waals surface area contributed by atoms with Crippen LogP contribution in [0.25, 0.3) is 11.5 Å². The minimum absolute atomic E-state index is 0.139. The van der Waals surface area contributed by atoms with E-state index < -0.39 is 5.97 Å². The van der Waals surface area contributed by atoms with Gasteiger partial charge in [-0.15, -0.1) is 0 Å². The molecule has 106 valence electrons. The van der Waals surface area contributed by atoms with E-state index in [1.165, 1.54) is 7.11 Å². The highest BCUT2D eigenvalue weighted by Gasteiger charge is 2.22. The van der Waals surface area contributed by atoms with Gasteiger partial charge in [0.15, 0.2) is 0 Å². The third-order valence-electron chi connectivity index (χ3n) is 2.71. The molecule has 0 unspecified atom stereocenters. The van der Waals surface area contributed by atoms with Crippen molar-refractivity contribution in [3.63, 3.8) is 0 Å². The number of rotatable bonds is 4. The second kappa shape index (κ2) is 6.41. The van der Waals surface area contributed by atoms with Crippen LogP contribution in [0.3, 0.4) is 0 Å². The van der Waals surface area contributed by atoms with Crippen molar-refractivity contribution in [1.29, 1.82) is 0 Å². The molecule has 0 saturated carbocycles. The maximum atomic E-state index is 11.7. The summed E-state index contributed by atoms with van der Waals surface area (Å²) in [5.41, 5.74) is 1.22. The van der Waals surface area contributed by atoms with Crippen LogP contribution >= 0.6 is 27.5 Å². The summed E-state index contributed by atoms with van der Waals surface area (Å²) in [6.45, 7) is 2.00. The van der Waals surface area contributed by atoms with E-state index in [0.29, 0.717) is 28.6 Å². The zero-order chi connectivity index (χ0) is 14.7. The van der Waals surface area contributed by atoms with Gasteiger partial charge >= 0.3 is 5.97 Å². The summed E-state index contributed by atoms with van der Waals surface area (Å²) in [5, 5.41) is 0.508. The van der Waals surface area contributed by atoms with Crippen molar-refractivity contribution >= 4 is 33.5 Å². The second-order valence-electron chi connectivity index (χ2n) is 4.16. The number of aryl methyl sites for hydroxylation is 1. The highest BCUT2D eigenvalue weighted by atomic mass is 79.9. The lowest BCUT2D eigenvalue weighted by atomic mass is 10.2. The number of esters is 1. The lowest BCUT2D eigenvalue weighted by molar-refractivity contribution is 0.0564. The van der Waals surface area contributed by atoms with E-state index >= 15 is 0 Å². The fraction of sp³-hybridized carbons (Fsp3) is 0.286. The van der Waals surface area contributed by atoms with Gasteiger partial charge in [-0.1, -0.05) is 40.9 Å². The van der Waals surface area contributed by atoms with Crippen LogP contribution in [0.5, 0.6) is 0 Å². The molecule has 1 aromatic carbocycles. The molecule has 0 aliphatic rings. The van der Waals surface area contributed by atoms with E-state index in [9.17, 15) is 4.79 Å². The van der Waals surface area contributed by atoms with Gasteiger partial charge in [0.05, 0.1) is 23.4 Å². The molecule has 0 atom stereocenters. The molecule has 1 aromatic heterocycles. The number of hydrogen-bond donors (Lipinski definition) is 0. The van der Waals surface area contributed by atoms with Crippen LogP contribution in [0, 0.1) is 0 Å². The number of aromatic nitrogens is 1.